The summed E-state index contributed by atoms with van der Waals surface area (Å²) >= 11 is 0. The second-order valence-corrected chi connectivity index (χ2v) is 5.64. The highest BCUT2D eigenvalue weighted by Gasteiger charge is 2.43. The molecule has 1 amide bonds. The molecular formula is C12H24N2O3. The van der Waals surface area contributed by atoms with E-state index in [2.05, 4.69) is 0 Å². The molecule has 1 unspecified atom stereocenters. The highest BCUT2D eigenvalue weighted by atomic mass is 16.6. The zero-order chi connectivity index (χ0) is 13.1. The normalized spacial score (nSPS) is 25.1. The van der Waals surface area contributed by atoms with Crippen molar-refractivity contribution in [1.82, 2.24) is 4.90 Å². The molecular weight excluding hydrogens is 220 g/mol. The number of nitrogens with two attached hydrogens (primary N) is 1. The molecule has 0 aromatic carbocycles. The minimum Gasteiger partial charge on any atom is -0.444 e. The Morgan fingerprint density at radius 3 is 2.65 bits per heavy atom. The number of hydrogen-bond acceptors (Lipinski definition) is 4. The van der Waals surface area contributed by atoms with Gasteiger partial charge in [-0.3, -0.25) is 0 Å². The first-order valence-corrected chi connectivity index (χ1v) is 6.16. The zero-order valence-electron chi connectivity index (χ0n) is 11.0. The summed E-state index contributed by atoms with van der Waals surface area (Å²) in [5, 5.41) is 9.12. The van der Waals surface area contributed by atoms with Crippen LogP contribution in [0.4, 0.5) is 4.79 Å². The fourth-order valence-electron chi connectivity index (χ4n) is 2.32. The summed E-state index contributed by atoms with van der Waals surface area (Å²) in [6.45, 7) is 6.60. The molecule has 1 saturated heterocycles. The lowest BCUT2D eigenvalue weighted by molar-refractivity contribution is 0.00509. The molecule has 0 bridgehead atoms. The zero-order valence-corrected chi connectivity index (χ0v) is 11.0. The molecule has 5 heteroatoms. The minimum atomic E-state index is -0.501. The van der Waals surface area contributed by atoms with Crippen LogP contribution in [0.3, 0.4) is 0 Å². The third-order valence-corrected chi connectivity index (χ3v) is 3.17. The highest BCUT2D eigenvalue weighted by molar-refractivity contribution is 5.69. The quantitative estimate of drug-likeness (QED) is 0.779. The molecule has 1 atom stereocenters. The van der Waals surface area contributed by atoms with E-state index in [4.69, 9.17) is 15.6 Å². The van der Waals surface area contributed by atoms with Gasteiger partial charge in [-0.05, 0) is 40.0 Å². The SMILES string of the molecule is CC(C)(C)OC(=O)N1CCCC1(CN)CCO. The van der Waals surface area contributed by atoms with Gasteiger partial charge in [-0.15, -0.1) is 0 Å². The van der Waals surface area contributed by atoms with Gasteiger partial charge < -0.3 is 20.5 Å². The molecule has 1 fully saturated rings. The van der Waals surface area contributed by atoms with Gasteiger partial charge in [-0.1, -0.05) is 0 Å². The third kappa shape index (κ3) is 3.33. The summed E-state index contributed by atoms with van der Waals surface area (Å²) in [4.78, 5) is 13.8. The van der Waals surface area contributed by atoms with Crippen LogP contribution in [0.5, 0.6) is 0 Å². The molecule has 1 aliphatic rings. The predicted octanol–water partition coefficient (Wildman–Crippen LogP) is 1.10. The van der Waals surface area contributed by atoms with Gasteiger partial charge in [0.1, 0.15) is 5.60 Å². The fraction of sp³-hybridized carbons (Fsp3) is 0.917. The second kappa shape index (κ2) is 5.23. The van der Waals surface area contributed by atoms with Crippen LogP contribution in [0.15, 0.2) is 0 Å². The van der Waals surface area contributed by atoms with E-state index in [0.29, 0.717) is 19.5 Å². The van der Waals surface area contributed by atoms with Crippen molar-refractivity contribution in [2.45, 2.75) is 51.2 Å². The van der Waals surface area contributed by atoms with Gasteiger partial charge in [-0.2, -0.15) is 0 Å². The topological polar surface area (TPSA) is 75.8 Å². The van der Waals surface area contributed by atoms with Crippen LogP contribution in [0, 0.1) is 0 Å². The Morgan fingerprint density at radius 1 is 1.53 bits per heavy atom. The minimum absolute atomic E-state index is 0.0382. The van der Waals surface area contributed by atoms with E-state index in [-0.39, 0.29) is 12.7 Å². The number of carbonyl (C=O) groups excluding carboxylic acids is 1. The summed E-state index contributed by atoms with van der Waals surface area (Å²) in [5.41, 5.74) is 4.87. The van der Waals surface area contributed by atoms with Crippen LogP contribution in [0.1, 0.15) is 40.0 Å². The fourth-order valence-corrected chi connectivity index (χ4v) is 2.32. The first-order chi connectivity index (χ1) is 7.84. The monoisotopic (exact) mass is 244 g/mol. The van der Waals surface area contributed by atoms with Gasteiger partial charge in [0.15, 0.2) is 0 Å². The summed E-state index contributed by atoms with van der Waals surface area (Å²) in [5.74, 6) is 0. The maximum Gasteiger partial charge on any atom is 0.410 e. The molecule has 1 aliphatic heterocycles. The Morgan fingerprint density at radius 2 is 2.18 bits per heavy atom. The molecule has 0 aliphatic carbocycles. The molecule has 3 N–H and O–H groups in total. The van der Waals surface area contributed by atoms with Crippen molar-refractivity contribution in [2.75, 3.05) is 19.7 Å². The van der Waals surface area contributed by atoms with Gasteiger partial charge >= 0.3 is 6.09 Å². The second-order valence-electron chi connectivity index (χ2n) is 5.64. The van der Waals surface area contributed by atoms with E-state index < -0.39 is 11.1 Å². The molecule has 0 aromatic rings. The van der Waals surface area contributed by atoms with E-state index in [1.165, 1.54) is 0 Å². The number of aliphatic hydroxyl groups is 1. The summed E-state index contributed by atoms with van der Waals surface area (Å²) in [7, 11) is 0. The van der Waals surface area contributed by atoms with Gasteiger partial charge in [0.05, 0.1) is 5.54 Å². The van der Waals surface area contributed by atoms with Gasteiger partial charge in [0.2, 0.25) is 0 Å². The number of amides is 1. The number of aliphatic hydroxyl groups excluding tert-OH is 1. The van der Waals surface area contributed by atoms with E-state index >= 15 is 0 Å². The first kappa shape index (κ1) is 14.3. The number of ether oxygens (including phenoxy) is 1. The highest BCUT2D eigenvalue weighted by Crippen LogP contribution is 2.32. The average molecular weight is 244 g/mol. The Labute approximate surface area is 103 Å². The third-order valence-electron chi connectivity index (χ3n) is 3.17. The van der Waals surface area contributed by atoms with Crippen molar-refractivity contribution < 1.29 is 14.6 Å². The van der Waals surface area contributed by atoms with E-state index in [1.807, 2.05) is 20.8 Å². The van der Waals surface area contributed by atoms with Gasteiger partial charge in [0, 0.05) is 19.7 Å². The largest absolute Gasteiger partial charge is 0.444 e. The number of hydrogen-bond donors (Lipinski definition) is 2. The Bertz CT molecular complexity index is 275. The average Bonchev–Trinajstić information content (AvgIpc) is 2.60. The molecule has 0 spiro atoms. The van der Waals surface area contributed by atoms with Crippen LogP contribution >= 0.6 is 0 Å². The van der Waals surface area contributed by atoms with Crippen LogP contribution < -0.4 is 5.73 Å². The Hall–Kier alpha value is -0.810. The van der Waals surface area contributed by atoms with E-state index in [9.17, 15) is 4.79 Å². The Kier molecular flexibility index (Phi) is 4.38. The first-order valence-electron chi connectivity index (χ1n) is 6.16. The standard InChI is InChI=1S/C12H24N2O3/c1-11(2,3)17-10(16)14-7-4-5-12(14,9-13)6-8-15/h15H,4-9,13H2,1-3H3. The molecule has 1 rings (SSSR count). The molecule has 1 heterocycles. The Balaban J connectivity index is 2.77. The van der Waals surface area contributed by atoms with Crippen molar-refractivity contribution in [3.63, 3.8) is 0 Å². The van der Waals surface area contributed by atoms with Crippen LogP contribution in [0.2, 0.25) is 0 Å². The lowest BCUT2D eigenvalue weighted by atomic mass is 9.93. The number of carbonyl (C=O) groups is 1. The molecule has 17 heavy (non-hydrogen) atoms. The van der Waals surface area contributed by atoms with Crippen molar-refractivity contribution in [1.29, 1.82) is 0 Å². The smallest absolute Gasteiger partial charge is 0.410 e. The molecule has 0 aromatic heterocycles. The van der Waals surface area contributed by atoms with Crippen LogP contribution in [-0.4, -0.2) is 46.9 Å². The number of rotatable bonds is 3. The summed E-state index contributed by atoms with van der Waals surface area (Å²) in [6, 6.07) is 0. The van der Waals surface area contributed by atoms with Crippen molar-refractivity contribution in [3.8, 4) is 0 Å². The maximum absolute atomic E-state index is 12.1. The maximum atomic E-state index is 12.1. The van der Waals surface area contributed by atoms with Crippen molar-refractivity contribution >= 4 is 6.09 Å². The van der Waals surface area contributed by atoms with Crippen LogP contribution in [0.25, 0.3) is 0 Å². The van der Waals surface area contributed by atoms with Crippen molar-refractivity contribution in [3.05, 3.63) is 0 Å². The lowest BCUT2D eigenvalue weighted by Gasteiger charge is -2.38. The summed E-state index contributed by atoms with van der Waals surface area (Å²) < 4.78 is 5.37. The van der Waals surface area contributed by atoms with Gasteiger partial charge in [0.25, 0.3) is 0 Å². The lowest BCUT2D eigenvalue weighted by Crippen LogP contribution is -2.54. The van der Waals surface area contributed by atoms with E-state index in [0.717, 1.165) is 12.8 Å². The molecule has 0 saturated carbocycles. The predicted molar refractivity (Wildman–Crippen MR) is 65.7 cm³/mol. The van der Waals surface area contributed by atoms with Gasteiger partial charge in [-0.25, -0.2) is 4.79 Å². The van der Waals surface area contributed by atoms with E-state index in [1.54, 1.807) is 4.90 Å². The molecule has 0 radical (unpaired) electrons. The molecule has 100 valence electrons. The number of nitrogens with zero attached hydrogens (tertiary/aromatic N) is 1. The summed E-state index contributed by atoms with van der Waals surface area (Å²) in [6.07, 6.45) is 1.94. The number of likely N-dealkylation sites (tertiary alicyclic amines) is 1. The van der Waals surface area contributed by atoms with Crippen molar-refractivity contribution in [2.24, 2.45) is 5.73 Å². The molecule has 5 nitrogen and oxygen atoms in total. The van der Waals surface area contributed by atoms with Crippen LogP contribution in [-0.2, 0) is 4.74 Å².